The number of hydrogen-bond donors (Lipinski definition) is 0. The molecule has 0 bridgehead atoms. The van der Waals surface area contributed by atoms with Gasteiger partial charge in [-0.3, -0.25) is 4.79 Å². The number of amides is 1. The molecule has 1 amide bonds. The van der Waals surface area contributed by atoms with Gasteiger partial charge in [0.15, 0.2) is 0 Å². The third-order valence-corrected chi connectivity index (χ3v) is 5.92. The van der Waals surface area contributed by atoms with Crippen molar-refractivity contribution in [3.05, 3.63) is 24.0 Å². The molecular formula is C22H33N3O2. The van der Waals surface area contributed by atoms with Crippen LogP contribution in [0, 0.1) is 5.92 Å². The molecule has 2 aromatic rings. The normalized spacial score (nSPS) is 17.4. The highest BCUT2D eigenvalue weighted by atomic mass is 16.5. The number of rotatable bonds is 9. The van der Waals surface area contributed by atoms with Crippen molar-refractivity contribution < 1.29 is 9.53 Å². The maximum absolute atomic E-state index is 12.4. The van der Waals surface area contributed by atoms with E-state index >= 15 is 0 Å². The summed E-state index contributed by atoms with van der Waals surface area (Å²) in [5.41, 5.74) is 2.11. The second-order valence-corrected chi connectivity index (χ2v) is 7.69. The highest BCUT2D eigenvalue weighted by Crippen LogP contribution is 2.29. The quantitative estimate of drug-likeness (QED) is 0.647. The molecule has 0 N–H and O–H groups in total. The van der Waals surface area contributed by atoms with Crippen LogP contribution >= 0.6 is 0 Å². The third-order valence-electron chi connectivity index (χ3n) is 5.92. The van der Waals surface area contributed by atoms with Crippen LogP contribution in [0.5, 0.6) is 5.75 Å². The lowest BCUT2D eigenvalue weighted by Gasteiger charge is -2.20. The molecule has 27 heavy (non-hydrogen) atoms. The number of aromatic nitrogens is 2. The fourth-order valence-corrected chi connectivity index (χ4v) is 4.34. The van der Waals surface area contributed by atoms with Crippen molar-refractivity contribution in [2.75, 3.05) is 20.2 Å². The lowest BCUT2D eigenvalue weighted by atomic mass is 10.0. The number of fused-ring (bicyclic) bond motifs is 1. The lowest BCUT2D eigenvalue weighted by Crippen LogP contribution is -2.29. The lowest BCUT2D eigenvalue weighted by molar-refractivity contribution is -0.127. The number of benzene rings is 1. The van der Waals surface area contributed by atoms with Gasteiger partial charge < -0.3 is 14.2 Å². The summed E-state index contributed by atoms with van der Waals surface area (Å²) in [6.45, 7) is 9.09. The van der Waals surface area contributed by atoms with E-state index in [1.165, 1.54) is 0 Å². The van der Waals surface area contributed by atoms with E-state index in [-0.39, 0.29) is 0 Å². The molecule has 1 aromatic carbocycles. The van der Waals surface area contributed by atoms with Crippen molar-refractivity contribution >= 4 is 16.9 Å². The topological polar surface area (TPSA) is 47.4 Å². The molecule has 148 valence electrons. The first-order valence-electron chi connectivity index (χ1n) is 10.4. The molecule has 3 rings (SSSR count). The van der Waals surface area contributed by atoms with E-state index in [0.29, 0.717) is 24.2 Å². The maximum Gasteiger partial charge on any atom is 0.222 e. The van der Waals surface area contributed by atoms with Crippen molar-refractivity contribution in [3.63, 3.8) is 0 Å². The summed E-state index contributed by atoms with van der Waals surface area (Å²) in [5.74, 6) is 3.26. The summed E-state index contributed by atoms with van der Waals surface area (Å²) < 4.78 is 7.75. The predicted molar refractivity (Wildman–Crippen MR) is 109 cm³/mol. The van der Waals surface area contributed by atoms with Gasteiger partial charge >= 0.3 is 0 Å². The van der Waals surface area contributed by atoms with Crippen LogP contribution in [0.3, 0.4) is 0 Å². The monoisotopic (exact) mass is 371 g/mol. The molecule has 5 heteroatoms. The Hall–Kier alpha value is -2.04. The zero-order chi connectivity index (χ0) is 19.4. The largest absolute Gasteiger partial charge is 0.497 e. The van der Waals surface area contributed by atoms with Crippen LogP contribution in [0.25, 0.3) is 11.0 Å². The first kappa shape index (κ1) is 19.7. The van der Waals surface area contributed by atoms with Crippen LogP contribution in [0.15, 0.2) is 18.2 Å². The first-order chi connectivity index (χ1) is 13.1. The summed E-state index contributed by atoms with van der Waals surface area (Å²) in [6, 6.07) is 6.07. The highest BCUT2D eigenvalue weighted by molar-refractivity contribution is 5.79. The number of nitrogens with zero attached hydrogens (tertiary/aromatic N) is 3. The summed E-state index contributed by atoms with van der Waals surface area (Å²) >= 11 is 0. The second kappa shape index (κ2) is 8.77. The Kier molecular flexibility index (Phi) is 6.40. The molecule has 1 saturated heterocycles. The molecule has 1 aromatic heterocycles. The molecule has 1 aliphatic heterocycles. The van der Waals surface area contributed by atoms with E-state index < -0.39 is 0 Å². The van der Waals surface area contributed by atoms with E-state index in [2.05, 4.69) is 31.4 Å². The van der Waals surface area contributed by atoms with Gasteiger partial charge in [0.1, 0.15) is 11.6 Å². The van der Waals surface area contributed by atoms with Gasteiger partial charge in [0.2, 0.25) is 5.91 Å². The number of carbonyl (C=O) groups excluding carboxylic acids is 1. The summed E-state index contributed by atoms with van der Waals surface area (Å²) in [4.78, 5) is 19.4. The fourth-order valence-electron chi connectivity index (χ4n) is 4.34. The molecule has 2 heterocycles. The van der Waals surface area contributed by atoms with Gasteiger partial charge in [-0.15, -0.1) is 0 Å². The zero-order valence-corrected chi connectivity index (χ0v) is 17.2. The summed E-state index contributed by atoms with van der Waals surface area (Å²) in [5, 5.41) is 0. The van der Waals surface area contributed by atoms with E-state index in [1.807, 2.05) is 17.0 Å². The van der Waals surface area contributed by atoms with Crippen molar-refractivity contribution in [1.29, 1.82) is 0 Å². The van der Waals surface area contributed by atoms with Gasteiger partial charge in [0, 0.05) is 38.0 Å². The number of hydrogen-bond acceptors (Lipinski definition) is 3. The van der Waals surface area contributed by atoms with Crippen molar-refractivity contribution in [1.82, 2.24) is 14.5 Å². The average molecular weight is 372 g/mol. The Morgan fingerprint density at radius 2 is 2.00 bits per heavy atom. The summed E-state index contributed by atoms with van der Waals surface area (Å²) in [6.07, 6.45) is 5.14. The van der Waals surface area contributed by atoms with Gasteiger partial charge in [-0.05, 0) is 37.3 Å². The number of methoxy groups -OCH3 is 1. The van der Waals surface area contributed by atoms with Gasteiger partial charge in [-0.1, -0.05) is 27.2 Å². The van der Waals surface area contributed by atoms with Crippen LogP contribution < -0.4 is 4.74 Å². The van der Waals surface area contributed by atoms with Gasteiger partial charge in [0.25, 0.3) is 0 Å². The minimum atomic E-state index is 0.305. The molecular weight excluding hydrogens is 338 g/mol. The molecule has 1 atom stereocenters. The minimum absolute atomic E-state index is 0.305. The molecule has 1 unspecified atom stereocenters. The average Bonchev–Trinajstić information content (AvgIpc) is 3.20. The molecule has 1 aliphatic rings. The predicted octanol–water partition coefficient (Wildman–Crippen LogP) is 4.60. The zero-order valence-electron chi connectivity index (χ0n) is 17.2. The minimum Gasteiger partial charge on any atom is -0.497 e. The van der Waals surface area contributed by atoms with E-state index in [9.17, 15) is 4.79 Å². The van der Waals surface area contributed by atoms with Gasteiger partial charge in [0.05, 0.1) is 18.1 Å². The number of imidazole rings is 1. The van der Waals surface area contributed by atoms with Gasteiger partial charge in [-0.2, -0.15) is 0 Å². The van der Waals surface area contributed by atoms with E-state index in [4.69, 9.17) is 9.72 Å². The summed E-state index contributed by atoms with van der Waals surface area (Å²) in [7, 11) is 1.69. The maximum atomic E-state index is 12.4. The standard InChI is InChI=1S/C22H33N3O2/c1-5-8-16-13-21(26)24(15-16)11-12-25-20-14-18(27-4)9-10-19(20)23-22(25)17(6-2)7-3/h9-10,14,16-17H,5-8,11-13,15H2,1-4H3. The molecule has 0 radical (unpaired) electrons. The van der Waals surface area contributed by atoms with Crippen LogP contribution in [0.1, 0.15) is 64.6 Å². The molecule has 5 nitrogen and oxygen atoms in total. The van der Waals surface area contributed by atoms with Crippen LogP contribution in [0.4, 0.5) is 0 Å². The Morgan fingerprint density at radius 3 is 2.67 bits per heavy atom. The molecule has 0 saturated carbocycles. The highest BCUT2D eigenvalue weighted by Gasteiger charge is 2.29. The second-order valence-electron chi connectivity index (χ2n) is 7.69. The van der Waals surface area contributed by atoms with E-state index in [1.54, 1.807) is 7.11 Å². The third kappa shape index (κ3) is 4.12. The van der Waals surface area contributed by atoms with Crippen LogP contribution in [0.2, 0.25) is 0 Å². The SMILES string of the molecule is CCCC1CC(=O)N(CCn2c(C(CC)CC)nc3ccc(OC)cc32)C1. The molecule has 0 aliphatic carbocycles. The van der Waals surface area contributed by atoms with Crippen molar-refractivity contribution in [2.45, 2.75) is 65.3 Å². The smallest absolute Gasteiger partial charge is 0.222 e. The Bertz CT molecular complexity index is 779. The number of carbonyl (C=O) groups is 1. The Morgan fingerprint density at radius 1 is 1.22 bits per heavy atom. The van der Waals surface area contributed by atoms with Crippen molar-refractivity contribution in [2.24, 2.45) is 5.92 Å². The first-order valence-corrected chi connectivity index (χ1v) is 10.4. The van der Waals surface area contributed by atoms with Crippen LogP contribution in [-0.2, 0) is 11.3 Å². The van der Waals surface area contributed by atoms with Crippen LogP contribution in [-0.4, -0.2) is 40.6 Å². The van der Waals surface area contributed by atoms with Crippen molar-refractivity contribution in [3.8, 4) is 5.75 Å². The van der Waals surface area contributed by atoms with E-state index in [0.717, 1.165) is 67.9 Å². The molecule has 1 fully saturated rings. The Labute approximate surface area is 162 Å². The fraction of sp³-hybridized carbons (Fsp3) is 0.636. The number of likely N-dealkylation sites (tertiary alicyclic amines) is 1. The Balaban J connectivity index is 1.87. The van der Waals surface area contributed by atoms with Gasteiger partial charge in [-0.25, -0.2) is 4.98 Å². The number of ether oxygens (including phenoxy) is 1. The molecule has 0 spiro atoms.